The first-order valence-electron chi connectivity index (χ1n) is 4.97. The molecule has 0 heterocycles. The van der Waals surface area contributed by atoms with Crippen molar-refractivity contribution >= 4 is 12.6 Å². The molecule has 0 atom stereocenters. The third-order valence-corrected chi connectivity index (χ3v) is 2.06. The van der Waals surface area contributed by atoms with Crippen LogP contribution in [0, 0.1) is 0 Å². The molecule has 0 aromatic heterocycles. The van der Waals surface area contributed by atoms with Crippen LogP contribution >= 0.6 is 0 Å². The Morgan fingerprint density at radius 3 is 2.00 bits per heavy atom. The quantitative estimate of drug-likeness (QED) is 0.474. The SMILES string of the molecule is OB(OOc1ccccc1)c1ccccc1. The van der Waals surface area contributed by atoms with Gasteiger partial charge in [-0.15, -0.1) is 0 Å². The normalized spacial score (nSPS) is 9.81. The molecule has 80 valence electrons. The summed E-state index contributed by atoms with van der Waals surface area (Å²) in [5.41, 5.74) is 0.651. The molecule has 4 heteroatoms. The Balaban J connectivity index is 1.92. The lowest BCUT2D eigenvalue weighted by Gasteiger charge is -2.07. The minimum atomic E-state index is -1.08. The molecule has 0 bridgehead atoms. The third-order valence-electron chi connectivity index (χ3n) is 2.06. The predicted molar refractivity (Wildman–Crippen MR) is 62.2 cm³/mol. The molecule has 0 saturated heterocycles. The van der Waals surface area contributed by atoms with Crippen LogP contribution in [-0.4, -0.2) is 12.1 Å². The van der Waals surface area contributed by atoms with Crippen molar-refractivity contribution in [1.29, 1.82) is 0 Å². The second-order valence-electron chi connectivity index (χ2n) is 3.26. The molecule has 3 nitrogen and oxygen atoms in total. The number of benzene rings is 2. The second kappa shape index (κ2) is 5.35. The number of para-hydroxylation sites is 1. The van der Waals surface area contributed by atoms with Crippen LogP contribution in [0.3, 0.4) is 0 Å². The van der Waals surface area contributed by atoms with E-state index in [1.165, 1.54) is 0 Å². The molecule has 1 N–H and O–H groups in total. The van der Waals surface area contributed by atoms with Gasteiger partial charge in [0.05, 0.1) is 0 Å². The van der Waals surface area contributed by atoms with E-state index in [4.69, 9.17) is 9.69 Å². The first kappa shape index (κ1) is 10.7. The van der Waals surface area contributed by atoms with Crippen molar-refractivity contribution in [2.24, 2.45) is 0 Å². The fourth-order valence-electron chi connectivity index (χ4n) is 1.25. The van der Waals surface area contributed by atoms with Crippen LogP contribution in [0.15, 0.2) is 60.7 Å². The zero-order chi connectivity index (χ0) is 11.2. The average Bonchev–Trinajstić information content (AvgIpc) is 2.38. The monoisotopic (exact) mass is 214 g/mol. The van der Waals surface area contributed by atoms with Crippen LogP contribution in [0.5, 0.6) is 5.75 Å². The second-order valence-corrected chi connectivity index (χ2v) is 3.26. The van der Waals surface area contributed by atoms with Gasteiger partial charge in [-0.05, 0) is 17.6 Å². The third kappa shape index (κ3) is 2.86. The summed E-state index contributed by atoms with van der Waals surface area (Å²) in [6, 6.07) is 18.1. The number of hydrogen-bond acceptors (Lipinski definition) is 3. The van der Waals surface area contributed by atoms with Crippen LogP contribution in [0.25, 0.3) is 0 Å². The van der Waals surface area contributed by atoms with Gasteiger partial charge in [-0.3, -0.25) is 0 Å². The first-order valence-corrected chi connectivity index (χ1v) is 4.97. The van der Waals surface area contributed by atoms with Crippen molar-refractivity contribution in [2.45, 2.75) is 0 Å². The molecule has 2 aromatic rings. The fraction of sp³-hybridized carbons (Fsp3) is 0. The molecular formula is C12H11BO3. The Labute approximate surface area is 94.3 Å². The maximum atomic E-state index is 9.63. The van der Waals surface area contributed by atoms with E-state index >= 15 is 0 Å². The summed E-state index contributed by atoms with van der Waals surface area (Å²) in [4.78, 5) is 9.84. The smallest absolute Gasteiger partial charge is 0.421 e. The Bertz CT molecular complexity index is 419. The maximum Gasteiger partial charge on any atom is 0.538 e. The van der Waals surface area contributed by atoms with E-state index < -0.39 is 7.12 Å². The van der Waals surface area contributed by atoms with Crippen molar-refractivity contribution in [2.75, 3.05) is 0 Å². The summed E-state index contributed by atoms with van der Waals surface area (Å²) in [7, 11) is -1.08. The molecule has 0 aliphatic rings. The molecule has 0 radical (unpaired) electrons. The number of rotatable bonds is 4. The predicted octanol–water partition coefficient (Wildman–Crippen LogP) is 1.38. The molecular weight excluding hydrogens is 203 g/mol. The molecule has 0 aliphatic heterocycles. The Morgan fingerprint density at radius 1 is 0.812 bits per heavy atom. The van der Waals surface area contributed by atoms with E-state index in [1.807, 2.05) is 36.4 Å². The highest BCUT2D eigenvalue weighted by Crippen LogP contribution is 2.08. The van der Waals surface area contributed by atoms with E-state index in [1.54, 1.807) is 24.3 Å². The Morgan fingerprint density at radius 2 is 1.38 bits per heavy atom. The van der Waals surface area contributed by atoms with E-state index in [0.29, 0.717) is 11.2 Å². The molecule has 0 unspecified atom stereocenters. The van der Waals surface area contributed by atoms with Crippen molar-refractivity contribution in [3.63, 3.8) is 0 Å². The summed E-state index contributed by atoms with van der Waals surface area (Å²) in [5, 5.41) is 9.63. The molecule has 0 aliphatic carbocycles. The lowest BCUT2D eigenvalue weighted by atomic mass is 9.80. The van der Waals surface area contributed by atoms with Crippen molar-refractivity contribution in [1.82, 2.24) is 0 Å². The fourth-order valence-corrected chi connectivity index (χ4v) is 1.25. The maximum absolute atomic E-state index is 9.63. The van der Waals surface area contributed by atoms with Gasteiger partial charge in [0.25, 0.3) is 0 Å². The van der Waals surface area contributed by atoms with Gasteiger partial charge >= 0.3 is 7.12 Å². The molecule has 2 aromatic carbocycles. The van der Waals surface area contributed by atoms with E-state index in [2.05, 4.69) is 0 Å². The Hall–Kier alpha value is -1.78. The minimum absolute atomic E-state index is 0.553. The van der Waals surface area contributed by atoms with Crippen molar-refractivity contribution < 1.29 is 14.7 Å². The van der Waals surface area contributed by atoms with Crippen LogP contribution < -0.4 is 10.4 Å². The standard InChI is InChI=1S/C12H11BO3/c14-13(11-7-3-1-4-8-11)16-15-12-9-5-2-6-10-12/h1-10,14H. The van der Waals surface area contributed by atoms with E-state index in [-0.39, 0.29) is 0 Å². The average molecular weight is 214 g/mol. The lowest BCUT2D eigenvalue weighted by Crippen LogP contribution is -2.34. The molecule has 0 spiro atoms. The van der Waals surface area contributed by atoms with E-state index in [0.717, 1.165) is 0 Å². The summed E-state index contributed by atoms with van der Waals surface area (Å²) in [6.45, 7) is 0. The summed E-state index contributed by atoms with van der Waals surface area (Å²) < 4.78 is 0. The molecule has 0 amide bonds. The summed E-state index contributed by atoms with van der Waals surface area (Å²) in [6.07, 6.45) is 0. The van der Waals surface area contributed by atoms with Gasteiger partial charge in [-0.25, -0.2) is 4.81 Å². The summed E-state index contributed by atoms with van der Waals surface area (Å²) in [5.74, 6) is 0.553. The lowest BCUT2D eigenvalue weighted by molar-refractivity contribution is -0.117. The molecule has 16 heavy (non-hydrogen) atoms. The minimum Gasteiger partial charge on any atom is -0.421 e. The largest absolute Gasteiger partial charge is 0.538 e. The first-order chi connectivity index (χ1) is 7.86. The van der Waals surface area contributed by atoms with Crippen molar-refractivity contribution in [3.8, 4) is 5.75 Å². The van der Waals surface area contributed by atoms with Gasteiger partial charge in [0.1, 0.15) is 0 Å². The molecule has 0 saturated carbocycles. The Kier molecular flexibility index (Phi) is 3.59. The highest BCUT2D eigenvalue weighted by molar-refractivity contribution is 6.59. The van der Waals surface area contributed by atoms with Gasteiger partial charge in [0.15, 0.2) is 5.75 Å². The zero-order valence-corrected chi connectivity index (χ0v) is 8.61. The zero-order valence-electron chi connectivity index (χ0n) is 8.61. The highest BCUT2D eigenvalue weighted by atomic mass is 17.2. The van der Waals surface area contributed by atoms with Gasteiger partial charge in [-0.2, -0.15) is 0 Å². The molecule has 0 fully saturated rings. The van der Waals surface area contributed by atoms with Crippen molar-refractivity contribution in [3.05, 3.63) is 60.7 Å². The van der Waals surface area contributed by atoms with Gasteiger partial charge in [0.2, 0.25) is 0 Å². The number of hydrogen-bond donors (Lipinski definition) is 1. The van der Waals surface area contributed by atoms with Gasteiger partial charge in [-0.1, -0.05) is 48.5 Å². The highest BCUT2D eigenvalue weighted by Gasteiger charge is 2.17. The topological polar surface area (TPSA) is 38.7 Å². The summed E-state index contributed by atoms with van der Waals surface area (Å²) >= 11 is 0. The van der Waals surface area contributed by atoms with Gasteiger partial charge < -0.3 is 9.91 Å². The molecule has 2 rings (SSSR count). The van der Waals surface area contributed by atoms with Gasteiger partial charge in [0, 0.05) is 0 Å². The van der Waals surface area contributed by atoms with Crippen LogP contribution in [0.2, 0.25) is 0 Å². The van der Waals surface area contributed by atoms with Crippen LogP contribution in [0.1, 0.15) is 0 Å². The van der Waals surface area contributed by atoms with E-state index in [9.17, 15) is 5.02 Å². The van der Waals surface area contributed by atoms with Crippen LogP contribution in [0.4, 0.5) is 0 Å². The van der Waals surface area contributed by atoms with Crippen LogP contribution in [-0.2, 0) is 4.81 Å².